The van der Waals surface area contributed by atoms with Crippen molar-refractivity contribution in [3.05, 3.63) is 11.6 Å². The molecule has 92 valence electrons. The Morgan fingerprint density at radius 3 is 2.19 bits per heavy atom. The summed E-state index contributed by atoms with van der Waals surface area (Å²) in [6.45, 7) is 13.2. The molecule has 2 aliphatic rings. The van der Waals surface area contributed by atoms with E-state index < -0.39 is 0 Å². The maximum Gasteiger partial charge on any atom is 0.000439 e. The van der Waals surface area contributed by atoms with Gasteiger partial charge in [-0.2, -0.15) is 0 Å². The van der Waals surface area contributed by atoms with Gasteiger partial charge in [-0.3, -0.25) is 0 Å². The summed E-state index contributed by atoms with van der Waals surface area (Å²) in [7, 11) is 0. The fourth-order valence-corrected chi connectivity index (χ4v) is 3.16. The fourth-order valence-electron chi connectivity index (χ4n) is 3.16. The van der Waals surface area contributed by atoms with Gasteiger partial charge in [0.2, 0.25) is 0 Å². The average Bonchev–Trinajstić information content (AvgIpc) is 2.14. The van der Waals surface area contributed by atoms with Crippen molar-refractivity contribution in [3.8, 4) is 0 Å². The molecule has 0 radical (unpaired) electrons. The van der Waals surface area contributed by atoms with Gasteiger partial charge in [-0.1, -0.05) is 39.3 Å². The maximum atomic E-state index is 2.65. The standard InChI is InChI=1S/C15H27N/c1-12(2)11-16-7-5-15(6-8-16)9-14(10-15)13(3)4/h9,12-13H,5-8,10-11H2,1-4H3. The summed E-state index contributed by atoms with van der Waals surface area (Å²) in [6, 6.07) is 0. The first-order valence-corrected chi connectivity index (χ1v) is 6.95. The minimum Gasteiger partial charge on any atom is -0.303 e. The molecule has 1 heteroatoms. The molecule has 1 fully saturated rings. The topological polar surface area (TPSA) is 3.24 Å². The second-order valence-electron chi connectivity index (χ2n) is 6.61. The smallest absolute Gasteiger partial charge is 0.000439 e. The van der Waals surface area contributed by atoms with Crippen molar-refractivity contribution in [2.75, 3.05) is 19.6 Å². The van der Waals surface area contributed by atoms with Crippen LogP contribution in [0.5, 0.6) is 0 Å². The zero-order chi connectivity index (χ0) is 11.8. The van der Waals surface area contributed by atoms with Gasteiger partial charge in [-0.25, -0.2) is 0 Å². The molecule has 0 atom stereocenters. The maximum absolute atomic E-state index is 2.65. The van der Waals surface area contributed by atoms with E-state index in [4.69, 9.17) is 0 Å². The number of nitrogens with zero attached hydrogens (tertiary/aromatic N) is 1. The van der Waals surface area contributed by atoms with Crippen LogP contribution in [0.4, 0.5) is 0 Å². The van der Waals surface area contributed by atoms with Gasteiger partial charge in [0.15, 0.2) is 0 Å². The highest BCUT2D eigenvalue weighted by Crippen LogP contribution is 2.49. The molecule has 1 aliphatic heterocycles. The Bertz CT molecular complexity index is 267. The van der Waals surface area contributed by atoms with Crippen LogP contribution in [-0.2, 0) is 0 Å². The Labute approximate surface area is 101 Å². The summed E-state index contributed by atoms with van der Waals surface area (Å²) < 4.78 is 0. The highest BCUT2D eigenvalue weighted by atomic mass is 15.1. The third-order valence-electron chi connectivity index (χ3n) is 4.26. The fraction of sp³-hybridized carbons (Fsp3) is 0.867. The van der Waals surface area contributed by atoms with Crippen molar-refractivity contribution < 1.29 is 0 Å². The molecule has 0 aromatic rings. The zero-order valence-corrected chi connectivity index (χ0v) is 11.4. The van der Waals surface area contributed by atoms with Crippen molar-refractivity contribution in [2.24, 2.45) is 17.3 Å². The lowest BCUT2D eigenvalue weighted by atomic mass is 9.63. The molecular formula is C15H27N. The predicted molar refractivity (Wildman–Crippen MR) is 70.5 cm³/mol. The molecule has 2 rings (SSSR count). The molecule has 1 saturated heterocycles. The van der Waals surface area contributed by atoms with E-state index in [1.165, 1.54) is 38.9 Å². The lowest BCUT2D eigenvalue weighted by Gasteiger charge is -2.47. The highest BCUT2D eigenvalue weighted by molar-refractivity contribution is 5.26. The molecule has 0 aromatic heterocycles. The summed E-state index contributed by atoms with van der Waals surface area (Å²) >= 11 is 0. The van der Waals surface area contributed by atoms with Crippen LogP contribution in [0.1, 0.15) is 47.0 Å². The molecule has 1 spiro atoms. The average molecular weight is 221 g/mol. The molecule has 0 unspecified atom stereocenters. The SMILES string of the molecule is CC(C)CN1CCC2(C=C(C(C)C)C2)CC1. The number of piperidine rings is 1. The van der Waals surface area contributed by atoms with Gasteiger partial charge in [-0.05, 0) is 49.6 Å². The van der Waals surface area contributed by atoms with E-state index in [2.05, 4.69) is 38.7 Å². The molecule has 1 heterocycles. The van der Waals surface area contributed by atoms with Crippen molar-refractivity contribution >= 4 is 0 Å². The van der Waals surface area contributed by atoms with Gasteiger partial charge in [0, 0.05) is 6.54 Å². The van der Waals surface area contributed by atoms with Crippen LogP contribution in [0, 0.1) is 17.3 Å². The van der Waals surface area contributed by atoms with Crippen molar-refractivity contribution in [1.29, 1.82) is 0 Å². The number of rotatable bonds is 3. The normalized spacial score (nSPS) is 25.0. The minimum atomic E-state index is 0.618. The molecule has 0 saturated carbocycles. The van der Waals surface area contributed by atoms with Gasteiger partial charge < -0.3 is 4.90 Å². The second kappa shape index (κ2) is 4.52. The Kier molecular flexibility index (Phi) is 3.44. The van der Waals surface area contributed by atoms with Gasteiger partial charge in [0.05, 0.1) is 0 Å². The Morgan fingerprint density at radius 1 is 1.19 bits per heavy atom. The quantitative estimate of drug-likeness (QED) is 0.657. The molecule has 1 nitrogen and oxygen atoms in total. The van der Waals surface area contributed by atoms with Gasteiger partial charge in [0.1, 0.15) is 0 Å². The van der Waals surface area contributed by atoms with E-state index in [1.54, 1.807) is 5.57 Å². The van der Waals surface area contributed by atoms with E-state index in [9.17, 15) is 0 Å². The van der Waals surface area contributed by atoms with E-state index in [-0.39, 0.29) is 0 Å². The molecule has 0 amide bonds. The molecule has 1 aliphatic carbocycles. The van der Waals surface area contributed by atoms with E-state index in [0.29, 0.717) is 5.41 Å². The van der Waals surface area contributed by atoms with Gasteiger partial charge in [0.25, 0.3) is 0 Å². The number of allylic oxidation sites excluding steroid dienone is 2. The van der Waals surface area contributed by atoms with Crippen molar-refractivity contribution in [1.82, 2.24) is 4.90 Å². The first-order chi connectivity index (χ1) is 7.51. The van der Waals surface area contributed by atoms with Crippen LogP contribution in [0.3, 0.4) is 0 Å². The van der Waals surface area contributed by atoms with Crippen molar-refractivity contribution in [3.63, 3.8) is 0 Å². The summed E-state index contributed by atoms with van der Waals surface area (Å²) in [5.74, 6) is 1.59. The van der Waals surface area contributed by atoms with Crippen LogP contribution in [0.2, 0.25) is 0 Å². The lowest BCUT2D eigenvalue weighted by molar-refractivity contribution is 0.111. The first kappa shape index (κ1) is 12.2. The monoisotopic (exact) mass is 221 g/mol. The van der Waals surface area contributed by atoms with Gasteiger partial charge in [-0.15, -0.1) is 0 Å². The van der Waals surface area contributed by atoms with Crippen LogP contribution >= 0.6 is 0 Å². The van der Waals surface area contributed by atoms with E-state index >= 15 is 0 Å². The summed E-state index contributed by atoms with van der Waals surface area (Å²) in [5, 5.41) is 0. The minimum absolute atomic E-state index is 0.618. The molecule has 0 aromatic carbocycles. The zero-order valence-electron chi connectivity index (χ0n) is 11.4. The number of hydrogen-bond donors (Lipinski definition) is 0. The van der Waals surface area contributed by atoms with Crippen LogP contribution in [0.15, 0.2) is 11.6 Å². The molecular weight excluding hydrogens is 194 g/mol. The summed E-state index contributed by atoms with van der Waals surface area (Å²) in [6.07, 6.45) is 6.79. The molecule has 16 heavy (non-hydrogen) atoms. The van der Waals surface area contributed by atoms with Crippen molar-refractivity contribution in [2.45, 2.75) is 47.0 Å². The van der Waals surface area contributed by atoms with E-state index in [1.807, 2.05) is 0 Å². The third-order valence-corrected chi connectivity index (χ3v) is 4.26. The molecule has 0 bridgehead atoms. The Balaban J connectivity index is 1.83. The Hall–Kier alpha value is -0.300. The number of likely N-dealkylation sites (tertiary alicyclic amines) is 1. The largest absolute Gasteiger partial charge is 0.303 e. The van der Waals surface area contributed by atoms with Crippen LogP contribution in [0.25, 0.3) is 0 Å². The van der Waals surface area contributed by atoms with Crippen LogP contribution < -0.4 is 0 Å². The third kappa shape index (κ3) is 2.51. The lowest BCUT2D eigenvalue weighted by Crippen LogP contribution is -2.44. The summed E-state index contributed by atoms with van der Waals surface area (Å²) in [4.78, 5) is 2.65. The summed E-state index contributed by atoms with van der Waals surface area (Å²) in [5.41, 5.74) is 2.32. The molecule has 0 N–H and O–H groups in total. The first-order valence-electron chi connectivity index (χ1n) is 6.95. The number of hydrogen-bond acceptors (Lipinski definition) is 1. The van der Waals surface area contributed by atoms with E-state index in [0.717, 1.165) is 11.8 Å². The Morgan fingerprint density at radius 2 is 1.75 bits per heavy atom. The van der Waals surface area contributed by atoms with Gasteiger partial charge >= 0.3 is 0 Å². The highest BCUT2D eigenvalue weighted by Gasteiger charge is 2.39. The van der Waals surface area contributed by atoms with Crippen LogP contribution in [-0.4, -0.2) is 24.5 Å². The second-order valence-corrected chi connectivity index (χ2v) is 6.61. The predicted octanol–water partition coefficient (Wildman–Crippen LogP) is 3.71.